The molecule has 1 saturated heterocycles. The van der Waals surface area contributed by atoms with Gasteiger partial charge in [0.2, 0.25) is 5.91 Å². The molecular formula is C27H31FN6O2. The molecular weight excluding hydrogens is 459 g/mol. The average Bonchev–Trinajstić information content (AvgIpc) is 3.46. The topological polar surface area (TPSA) is 83.4 Å². The quantitative estimate of drug-likeness (QED) is 0.525. The zero-order valence-electron chi connectivity index (χ0n) is 20.4. The van der Waals surface area contributed by atoms with Gasteiger partial charge >= 0.3 is 0 Å². The van der Waals surface area contributed by atoms with Crippen LogP contribution in [-0.2, 0) is 4.79 Å². The lowest BCUT2D eigenvalue weighted by Gasteiger charge is -2.35. The molecule has 0 spiro atoms. The zero-order chi connectivity index (χ0) is 25.1. The van der Waals surface area contributed by atoms with Gasteiger partial charge in [-0.15, -0.1) is 5.10 Å². The molecule has 2 aliphatic rings. The summed E-state index contributed by atoms with van der Waals surface area (Å²) in [5.74, 6) is 0.320. The van der Waals surface area contributed by atoms with Gasteiger partial charge in [0.1, 0.15) is 11.9 Å². The van der Waals surface area contributed by atoms with E-state index in [-0.39, 0.29) is 17.6 Å². The Morgan fingerprint density at radius 2 is 1.78 bits per heavy atom. The molecule has 2 amide bonds. The van der Waals surface area contributed by atoms with Gasteiger partial charge in [-0.05, 0) is 80.1 Å². The van der Waals surface area contributed by atoms with Gasteiger partial charge in [0, 0.05) is 31.7 Å². The number of likely N-dealkylation sites (N-methyl/N-ethyl adjacent to an activating group) is 1. The predicted octanol–water partition coefficient (Wildman–Crippen LogP) is 2.86. The summed E-state index contributed by atoms with van der Waals surface area (Å²) >= 11 is 0. The number of aromatic nitrogens is 3. The van der Waals surface area contributed by atoms with Crippen molar-refractivity contribution in [3.63, 3.8) is 0 Å². The Morgan fingerprint density at radius 1 is 1.06 bits per heavy atom. The lowest BCUT2D eigenvalue weighted by molar-refractivity contribution is -0.135. The van der Waals surface area contributed by atoms with E-state index in [4.69, 9.17) is 0 Å². The van der Waals surface area contributed by atoms with Crippen molar-refractivity contribution in [3.8, 4) is 5.69 Å². The van der Waals surface area contributed by atoms with E-state index in [1.807, 2.05) is 24.1 Å². The summed E-state index contributed by atoms with van der Waals surface area (Å²) in [5, 5.41) is 10.8. The number of carbonyl (C=O) groups is 2. The number of carbonyl (C=O) groups excluding carboxylic acids is 2. The molecule has 2 fully saturated rings. The lowest BCUT2D eigenvalue weighted by Crippen LogP contribution is -2.54. The number of halogens is 1. The fourth-order valence-electron chi connectivity index (χ4n) is 4.92. The summed E-state index contributed by atoms with van der Waals surface area (Å²) in [5.41, 5.74) is 2.43. The van der Waals surface area contributed by atoms with Crippen molar-refractivity contribution in [2.75, 3.05) is 33.2 Å². The number of hydrogen-bond acceptors (Lipinski definition) is 5. The van der Waals surface area contributed by atoms with Crippen molar-refractivity contribution in [2.24, 2.45) is 5.92 Å². The summed E-state index contributed by atoms with van der Waals surface area (Å²) < 4.78 is 14.9. The molecule has 2 heterocycles. The van der Waals surface area contributed by atoms with E-state index in [1.54, 1.807) is 41.3 Å². The highest BCUT2D eigenvalue weighted by Crippen LogP contribution is 2.50. The Balaban J connectivity index is 1.24. The molecule has 1 N–H and O–H groups in total. The van der Waals surface area contributed by atoms with Gasteiger partial charge in [0.15, 0.2) is 0 Å². The Morgan fingerprint density at radius 3 is 2.44 bits per heavy atom. The number of piperazine rings is 1. The van der Waals surface area contributed by atoms with Crippen LogP contribution in [0.3, 0.4) is 0 Å². The largest absolute Gasteiger partial charge is 0.340 e. The molecule has 3 atom stereocenters. The van der Waals surface area contributed by atoms with Gasteiger partial charge in [-0.2, -0.15) is 0 Å². The van der Waals surface area contributed by atoms with Gasteiger partial charge in [-0.3, -0.25) is 9.59 Å². The Labute approximate surface area is 210 Å². The first kappa shape index (κ1) is 24.1. The third-order valence-corrected chi connectivity index (χ3v) is 7.28. The minimum absolute atomic E-state index is 0.0188. The highest BCUT2D eigenvalue weighted by atomic mass is 19.1. The highest BCUT2D eigenvalue weighted by Gasteiger charge is 2.39. The summed E-state index contributed by atoms with van der Waals surface area (Å²) in [6.45, 7) is 2.97. The second kappa shape index (κ2) is 10.6. The van der Waals surface area contributed by atoms with Crippen LogP contribution in [0.25, 0.3) is 5.69 Å². The van der Waals surface area contributed by atoms with Crippen molar-refractivity contribution in [2.45, 2.75) is 31.2 Å². The van der Waals surface area contributed by atoms with Gasteiger partial charge in [0.05, 0.1) is 18.1 Å². The first-order valence-electron chi connectivity index (χ1n) is 12.5. The van der Waals surface area contributed by atoms with E-state index >= 15 is 0 Å². The molecule has 5 rings (SSSR count). The third-order valence-electron chi connectivity index (χ3n) is 7.28. The molecule has 1 aliphatic carbocycles. The first-order valence-corrected chi connectivity index (χ1v) is 12.5. The van der Waals surface area contributed by atoms with Crippen LogP contribution in [0.1, 0.15) is 41.1 Å². The third kappa shape index (κ3) is 5.62. The van der Waals surface area contributed by atoms with Crippen LogP contribution < -0.4 is 5.32 Å². The van der Waals surface area contributed by atoms with Gasteiger partial charge < -0.3 is 15.1 Å². The van der Waals surface area contributed by atoms with E-state index in [2.05, 4.69) is 20.5 Å². The molecule has 0 bridgehead atoms. The maximum Gasteiger partial charge on any atom is 0.251 e. The van der Waals surface area contributed by atoms with E-state index in [0.29, 0.717) is 36.9 Å². The second-order valence-corrected chi connectivity index (χ2v) is 9.78. The number of nitrogens with one attached hydrogen (secondary N) is 1. The van der Waals surface area contributed by atoms with Gasteiger partial charge in [-0.25, -0.2) is 9.07 Å². The molecule has 1 saturated carbocycles. The maximum absolute atomic E-state index is 13.4. The number of nitrogens with zero attached hydrogens (tertiary/aromatic N) is 5. The Kier molecular flexibility index (Phi) is 7.09. The van der Waals surface area contributed by atoms with Crippen molar-refractivity contribution in [3.05, 3.63) is 77.9 Å². The van der Waals surface area contributed by atoms with Gasteiger partial charge in [-0.1, -0.05) is 17.3 Å². The van der Waals surface area contributed by atoms with Gasteiger partial charge in [0.25, 0.3) is 5.91 Å². The van der Waals surface area contributed by atoms with Crippen LogP contribution in [0.15, 0.2) is 60.9 Å². The van der Waals surface area contributed by atoms with Crippen LogP contribution in [0, 0.1) is 11.7 Å². The standard InChI is InChI=1S/C27H31FN6O2/c1-32-14-16-33(17-15-32)27(36)25(11-6-21-18-24(21)19-2-7-22(28)8-3-19)30-26(35)20-4-9-23(10-5-20)34-13-12-29-31-34/h2-5,7-10,12-13,21,24-25H,6,11,14-18H2,1H3,(H,30,35)/t21-,24+,25?/m1/s1. The second-order valence-electron chi connectivity index (χ2n) is 9.78. The summed E-state index contributed by atoms with van der Waals surface area (Å²) in [6, 6.07) is 13.2. The van der Waals surface area contributed by atoms with Crippen LogP contribution in [-0.4, -0.2) is 75.9 Å². The van der Waals surface area contributed by atoms with Crippen LogP contribution in [0.5, 0.6) is 0 Å². The summed E-state index contributed by atoms with van der Waals surface area (Å²) in [6.07, 6.45) is 5.76. The fourth-order valence-corrected chi connectivity index (χ4v) is 4.92. The molecule has 188 valence electrons. The molecule has 2 aromatic carbocycles. The molecule has 8 nitrogen and oxygen atoms in total. The van der Waals surface area contributed by atoms with E-state index in [0.717, 1.165) is 37.2 Å². The number of benzene rings is 2. The lowest BCUT2D eigenvalue weighted by atomic mass is 10.0. The molecule has 1 aromatic heterocycles. The minimum Gasteiger partial charge on any atom is -0.340 e. The van der Waals surface area contributed by atoms with Crippen LogP contribution in [0.4, 0.5) is 4.39 Å². The summed E-state index contributed by atoms with van der Waals surface area (Å²) in [4.78, 5) is 30.6. The predicted molar refractivity (Wildman–Crippen MR) is 133 cm³/mol. The molecule has 36 heavy (non-hydrogen) atoms. The van der Waals surface area contributed by atoms with E-state index in [1.165, 1.54) is 12.1 Å². The summed E-state index contributed by atoms with van der Waals surface area (Å²) in [7, 11) is 2.05. The van der Waals surface area contributed by atoms with E-state index in [9.17, 15) is 14.0 Å². The highest BCUT2D eigenvalue weighted by molar-refractivity contribution is 5.97. The fraction of sp³-hybridized carbons (Fsp3) is 0.407. The number of hydrogen-bond donors (Lipinski definition) is 1. The normalized spacial score (nSPS) is 20.7. The SMILES string of the molecule is CN1CCN(C(=O)C(CC[C@@H]2C[C@H]2c2ccc(F)cc2)NC(=O)c2ccc(-n3ccnn3)cc2)CC1. The average molecular weight is 491 g/mol. The first-order chi connectivity index (χ1) is 17.5. The Hall–Kier alpha value is -3.59. The molecule has 3 aromatic rings. The maximum atomic E-state index is 13.4. The molecule has 1 aliphatic heterocycles. The van der Waals surface area contributed by atoms with Crippen molar-refractivity contribution in [1.29, 1.82) is 0 Å². The van der Waals surface area contributed by atoms with Crippen LogP contribution in [0.2, 0.25) is 0 Å². The zero-order valence-corrected chi connectivity index (χ0v) is 20.4. The Bertz CT molecular complexity index is 1170. The van der Waals surface area contributed by atoms with E-state index < -0.39 is 6.04 Å². The van der Waals surface area contributed by atoms with Crippen molar-refractivity contribution < 1.29 is 14.0 Å². The van der Waals surface area contributed by atoms with Crippen molar-refractivity contribution in [1.82, 2.24) is 30.1 Å². The molecule has 9 heteroatoms. The van der Waals surface area contributed by atoms with Crippen molar-refractivity contribution >= 4 is 11.8 Å². The molecule has 1 unspecified atom stereocenters. The molecule has 0 radical (unpaired) electrons. The minimum atomic E-state index is -0.578. The number of rotatable bonds is 8. The monoisotopic (exact) mass is 490 g/mol. The smallest absolute Gasteiger partial charge is 0.251 e. The number of amides is 2. The van der Waals surface area contributed by atoms with Crippen LogP contribution >= 0.6 is 0 Å².